The Bertz CT molecular complexity index is 646. The highest BCUT2D eigenvalue weighted by atomic mass is 79.9. The number of hydrogen-bond donors (Lipinski definition) is 1. The molecule has 0 unspecified atom stereocenters. The summed E-state index contributed by atoms with van der Waals surface area (Å²) in [5.41, 5.74) is 1.53. The van der Waals surface area contributed by atoms with Crippen LogP contribution in [0.5, 0.6) is 0 Å². The van der Waals surface area contributed by atoms with Gasteiger partial charge in [0.25, 0.3) is 0 Å². The van der Waals surface area contributed by atoms with Gasteiger partial charge in [-0.05, 0) is 34.5 Å². The Balaban J connectivity index is 2.39. The van der Waals surface area contributed by atoms with E-state index in [1.807, 2.05) is 13.0 Å². The van der Waals surface area contributed by atoms with Crippen molar-refractivity contribution in [3.63, 3.8) is 0 Å². The average Bonchev–Trinajstić information content (AvgIpc) is 2.33. The van der Waals surface area contributed by atoms with Crippen LogP contribution in [0.25, 0.3) is 0 Å². The molecular formula is C12H8BrClF3N3. The quantitative estimate of drug-likeness (QED) is 0.763. The van der Waals surface area contributed by atoms with Gasteiger partial charge in [-0.25, -0.2) is 9.97 Å². The number of nitrogens with zero attached hydrogens (tertiary/aromatic N) is 2. The van der Waals surface area contributed by atoms with Gasteiger partial charge in [-0.1, -0.05) is 23.7 Å². The van der Waals surface area contributed by atoms with Gasteiger partial charge in [0.15, 0.2) is 0 Å². The monoisotopic (exact) mass is 365 g/mol. The molecule has 8 heteroatoms. The van der Waals surface area contributed by atoms with E-state index < -0.39 is 12.0 Å². The van der Waals surface area contributed by atoms with Gasteiger partial charge in [0, 0.05) is 10.5 Å². The van der Waals surface area contributed by atoms with Crippen molar-refractivity contribution in [3.8, 4) is 0 Å². The van der Waals surface area contributed by atoms with Gasteiger partial charge in [-0.3, -0.25) is 0 Å². The van der Waals surface area contributed by atoms with E-state index in [4.69, 9.17) is 11.6 Å². The molecule has 3 nitrogen and oxygen atoms in total. The van der Waals surface area contributed by atoms with Crippen LogP contribution in [0.1, 0.15) is 11.4 Å². The minimum atomic E-state index is -4.65. The fourth-order valence-electron chi connectivity index (χ4n) is 1.49. The Morgan fingerprint density at radius 1 is 1.25 bits per heavy atom. The second kappa shape index (κ2) is 5.57. The minimum Gasteiger partial charge on any atom is -0.339 e. The van der Waals surface area contributed by atoms with Gasteiger partial charge in [0.05, 0.1) is 5.69 Å². The zero-order chi connectivity index (χ0) is 14.9. The minimum absolute atomic E-state index is 0.0244. The van der Waals surface area contributed by atoms with Crippen LogP contribution in [0.2, 0.25) is 5.15 Å². The second-order valence-electron chi connectivity index (χ2n) is 3.96. The Labute approximate surface area is 126 Å². The molecule has 1 aromatic heterocycles. The molecule has 1 N–H and O–H groups in total. The van der Waals surface area contributed by atoms with Gasteiger partial charge in [0.1, 0.15) is 11.0 Å². The summed E-state index contributed by atoms with van der Waals surface area (Å²) in [7, 11) is 0. The summed E-state index contributed by atoms with van der Waals surface area (Å²) >= 11 is 8.94. The molecule has 1 heterocycles. The number of nitrogens with one attached hydrogen (secondary N) is 1. The molecule has 0 aliphatic heterocycles. The highest BCUT2D eigenvalue weighted by Gasteiger charge is 2.35. The predicted octanol–water partition coefficient (Wildman–Crippen LogP) is 4.96. The number of anilines is 2. The van der Waals surface area contributed by atoms with Gasteiger partial charge in [0.2, 0.25) is 5.82 Å². The largest absolute Gasteiger partial charge is 0.451 e. The second-order valence-corrected chi connectivity index (χ2v) is 5.14. The van der Waals surface area contributed by atoms with Crippen LogP contribution in [-0.4, -0.2) is 9.97 Å². The summed E-state index contributed by atoms with van der Waals surface area (Å²) in [5.74, 6) is -1.31. The molecule has 0 aliphatic carbocycles. The van der Waals surface area contributed by atoms with Crippen LogP contribution in [0.3, 0.4) is 0 Å². The van der Waals surface area contributed by atoms with E-state index in [0.29, 0.717) is 5.69 Å². The van der Waals surface area contributed by atoms with Crippen molar-refractivity contribution >= 4 is 39.0 Å². The maximum Gasteiger partial charge on any atom is 0.451 e. The summed E-state index contributed by atoms with van der Waals surface area (Å²) in [4.78, 5) is 6.58. The normalized spacial score (nSPS) is 11.5. The van der Waals surface area contributed by atoms with Crippen molar-refractivity contribution in [2.45, 2.75) is 13.1 Å². The third-order valence-corrected chi connectivity index (χ3v) is 3.65. The molecule has 0 radical (unpaired) electrons. The SMILES string of the molecule is Cc1cccc(Nc2cc(Cl)nc(C(F)(F)F)n2)c1Br. The third-order valence-electron chi connectivity index (χ3n) is 2.40. The Hall–Kier alpha value is -1.34. The zero-order valence-electron chi connectivity index (χ0n) is 10.1. The first-order valence-electron chi connectivity index (χ1n) is 5.41. The average molecular weight is 367 g/mol. The lowest BCUT2D eigenvalue weighted by atomic mass is 10.2. The van der Waals surface area contributed by atoms with Gasteiger partial charge >= 0.3 is 6.18 Å². The predicted molar refractivity (Wildman–Crippen MR) is 74.2 cm³/mol. The van der Waals surface area contributed by atoms with E-state index in [1.165, 1.54) is 6.07 Å². The summed E-state index contributed by atoms with van der Waals surface area (Å²) in [6.07, 6.45) is -4.65. The van der Waals surface area contributed by atoms with Crippen LogP contribution in [0.4, 0.5) is 24.7 Å². The molecule has 20 heavy (non-hydrogen) atoms. The fourth-order valence-corrected chi connectivity index (χ4v) is 2.04. The van der Waals surface area contributed by atoms with Crippen LogP contribution < -0.4 is 5.32 Å². The van der Waals surface area contributed by atoms with E-state index >= 15 is 0 Å². The number of rotatable bonds is 2. The zero-order valence-corrected chi connectivity index (χ0v) is 12.4. The van der Waals surface area contributed by atoms with Gasteiger partial charge in [-0.2, -0.15) is 13.2 Å². The Kier molecular flexibility index (Phi) is 4.19. The van der Waals surface area contributed by atoms with E-state index in [2.05, 4.69) is 31.2 Å². The summed E-state index contributed by atoms with van der Waals surface area (Å²) in [5, 5.41) is 2.50. The highest BCUT2D eigenvalue weighted by Crippen LogP contribution is 2.31. The molecule has 0 atom stereocenters. The summed E-state index contributed by atoms with van der Waals surface area (Å²) in [6, 6.07) is 6.57. The van der Waals surface area contributed by atoms with E-state index in [9.17, 15) is 13.2 Å². The summed E-state index contributed by atoms with van der Waals surface area (Å²) < 4.78 is 38.6. The first-order chi connectivity index (χ1) is 9.27. The smallest absolute Gasteiger partial charge is 0.339 e. The molecule has 0 saturated heterocycles. The topological polar surface area (TPSA) is 37.8 Å². The molecule has 0 amide bonds. The van der Waals surface area contributed by atoms with Gasteiger partial charge in [-0.15, -0.1) is 0 Å². The van der Waals surface area contributed by atoms with Crippen LogP contribution >= 0.6 is 27.5 Å². The molecule has 2 rings (SSSR count). The van der Waals surface area contributed by atoms with E-state index in [-0.39, 0.29) is 11.0 Å². The van der Waals surface area contributed by atoms with Crippen molar-refractivity contribution in [3.05, 3.63) is 45.3 Å². The van der Waals surface area contributed by atoms with Crippen molar-refractivity contribution < 1.29 is 13.2 Å². The highest BCUT2D eigenvalue weighted by molar-refractivity contribution is 9.10. The first-order valence-corrected chi connectivity index (χ1v) is 6.58. The number of hydrogen-bond acceptors (Lipinski definition) is 3. The first kappa shape index (κ1) is 15.1. The molecule has 0 saturated carbocycles. The lowest BCUT2D eigenvalue weighted by Crippen LogP contribution is -2.12. The van der Waals surface area contributed by atoms with Crippen molar-refractivity contribution in [2.75, 3.05) is 5.32 Å². The maximum absolute atomic E-state index is 12.6. The number of aromatic nitrogens is 2. The molecule has 0 bridgehead atoms. The fraction of sp³-hybridized carbons (Fsp3) is 0.167. The molecule has 2 aromatic rings. The number of aryl methyl sites for hydroxylation is 1. The molecule has 1 aromatic carbocycles. The van der Waals surface area contributed by atoms with Crippen molar-refractivity contribution in [2.24, 2.45) is 0 Å². The van der Waals surface area contributed by atoms with Crippen molar-refractivity contribution in [1.29, 1.82) is 0 Å². The van der Waals surface area contributed by atoms with Gasteiger partial charge < -0.3 is 5.32 Å². The lowest BCUT2D eigenvalue weighted by Gasteiger charge is -2.11. The lowest BCUT2D eigenvalue weighted by molar-refractivity contribution is -0.144. The molecule has 0 aliphatic rings. The molecule has 0 spiro atoms. The maximum atomic E-state index is 12.6. The number of alkyl halides is 3. The molecular weight excluding hydrogens is 359 g/mol. The number of benzene rings is 1. The Morgan fingerprint density at radius 3 is 2.60 bits per heavy atom. The molecule has 0 fully saturated rings. The molecule has 106 valence electrons. The number of halogens is 5. The van der Waals surface area contributed by atoms with Crippen LogP contribution in [0, 0.1) is 6.92 Å². The standard InChI is InChI=1S/C12H8BrClF3N3/c1-6-3-2-4-7(10(6)13)18-9-5-8(14)19-11(20-9)12(15,16)17/h2-5H,1H3,(H,18,19,20). The van der Waals surface area contributed by atoms with Crippen LogP contribution in [-0.2, 0) is 6.18 Å². The summed E-state index contributed by atoms with van der Waals surface area (Å²) in [6.45, 7) is 1.86. The van der Waals surface area contributed by atoms with E-state index in [1.54, 1.807) is 12.1 Å². The van der Waals surface area contributed by atoms with Crippen molar-refractivity contribution in [1.82, 2.24) is 9.97 Å². The van der Waals surface area contributed by atoms with Crippen LogP contribution in [0.15, 0.2) is 28.7 Å². The Morgan fingerprint density at radius 2 is 1.95 bits per heavy atom. The van der Waals surface area contributed by atoms with E-state index in [0.717, 1.165) is 10.0 Å². The third kappa shape index (κ3) is 3.40.